The predicted molar refractivity (Wildman–Crippen MR) is 130 cm³/mol. The van der Waals surface area contributed by atoms with Crippen LogP contribution in [0.2, 0.25) is 0 Å². The fourth-order valence-electron chi connectivity index (χ4n) is 4.93. The molecule has 7 nitrogen and oxygen atoms in total. The van der Waals surface area contributed by atoms with Gasteiger partial charge in [0.25, 0.3) is 5.91 Å². The van der Waals surface area contributed by atoms with Gasteiger partial charge in [0.1, 0.15) is 18.1 Å². The standard InChI is InChI=1S/C26H32N4O3/c1-28-13-15-30(16-14-28)24-3-2-4-25-23(24)17-20(18-33-25)27-26(32)19-5-7-21(8-6-19)29-11-9-22(31)10-12-29/h2-8,20H,9-18H2,1H3,(H,27,32). The summed E-state index contributed by atoms with van der Waals surface area (Å²) in [5, 5.41) is 3.17. The zero-order valence-corrected chi connectivity index (χ0v) is 19.3. The molecule has 2 fully saturated rings. The average molecular weight is 449 g/mol. The molecule has 3 heterocycles. The number of piperazine rings is 1. The van der Waals surface area contributed by atoms with Crippen LogP contribution in [0.3, 0.4) is 0 Å². The van der Waals surface area contributed by atoms with Crippen molar-refractivity contribution in [2.24, 2.45) is 0 Å². The Bertz CT molecular complexity index is 1000. The number of fused-ring (bicyclic) bond motifs is 1. The number of Topliss-reactive ketones (excluding diaryl/α,β-unsaturated/α-hetero) is 1. The van der Waals surface area contributed by atoms with Crippen molar-refractivity contribution in [2.45, 2.75) is 25.3 Å². The highest BCUT2D eigenvalue weighted by Crippen LogP contribution is 2.34. The van der Waals surface area contributed by atoms with Crippen molar-refractivity contribution in [3.05, 3.63) is 53.6 Å². The van der Waals surface area contributed by atoms with Crippen LogP contribution in [0.5, 0.6) is 5.75 Å². The van der Waals surface area contributed by atoms with E-state index in [2.05, 4.69) is 39.2 Å². The molecule has 7 heteroatoms. The van der Waals surface area contributed by atoms with Crippen LogP contribution >= 0.6 is 0 Å². The molecule has 1 N–H and O–H groups in total. The number of nitrogens with one attached hydrogen (secondary N) is 1. The van der Waals surface area contributed by atoms with Gasteiger partial charge in [-0.25, -0.2) is 0 Å². The monoisotopic (exact) mass is 448 g/mol. The first-order valence-electron chi connectivity index (χ1n) is 11.9. The number of benzene rings is 2. The first-order valence-corrected chi connectivity index (χ1v) is 11.9. The smallest absolute Gasteiger partial charge is 0.251 e. The van der Waals surface area contributed by atoms with E-state index < -0.39 is 0 Å². The highest BCUT2D eigenvalue weighted by Gasteiger charge is 2.27. The molecule has 1 atom stereocenters. The Labute approximate surface area is 195 Å². The zero-order chi connectivity index (χ0) is 22.8. The van der Waals surface area contributed by atoms with Crippen LogP contribution < -0.4 is 19.9 Å². The summed E-state index contributed by atoms with van der Waals surface area (Å²) in [6, 6.07) is 13.9. The van der Waals surface area contributed by atoms with E-state index >= 15 is 0 Å². The Hall–Kier alpha value is -3.06. The van der Waals surface area contributed by atoms with Crippen molar-refractivity contribution in [2.75, 3.05) is 62.7 Å². The molecule has 2 aromatic carbocycles. The number of carbonyl (C=O) groups is 2. The number of carbonyl (C=O) groups excluding carboxylic acids is 2. The van der Waals surface area contributed by atoms with Gasteiger partial charge in [0.2, 0.25) is 0 Å². The number of rotatable bonds is 4. The Balaban J connectivity index is 1.23. The predicted octanol–water partition coefficient (Wildman–Crippen LogP) is 2.34. The number of hydrogen-bond acceptors (Lipinski definition) is 6. The fourth-order valence-corrected chi connectivity index (χ4v) is 4.93. The lowest BCUT2D eigenvalue weighted by atomic mass is 9.99. The summed E-state index contributed by atoms with van der Waals surface area (Å²) in [7, 11) is 2.16. The Morgan fingerprint density at radius 2 is 1.67 bits per heavy atom. The van der Waals surface area contributed by atoms with Crippen molar-refractivity contribution < 1.29 is 14.3 Å². The van der Waals surface area contributed by atoms with E-state index in [1.54, 1.807) is 0 Å². The second-order valence-electron chi connectivity index (χ2n) is 9.30. The van der Waals surface area contributed by atoms with E-state index in [4.69, 9.17) is 4.74 Å². The maximum Gasteiger partial charge on any atom is 0.251 e. The lowest BCUT2D eigenvalue weighted by molar-refractivity contribution is -0.119. The second-order valence-corrected chi connectivity index (χ2v) is 9.30. The van der Waals surface area contributed by atoms with E-state index in [0.29, 0.717) is 30.8 Å². The summed E-state index contributed by atoms with van der Waals surface area (Å²) in [5.74, 6) is 1.18. The molecule has 2 aromatic rings. The van der Waals surface area contributed by atoms with Crippen molar-refractivity contribution in [3.63, 3.8) is 0 Å². The first kappa shape index (κ1) is 21.8. The van der Waals surface area contributed by atoms with Crippen molar-refractivity contribution in [1.29, 1.82) is 0 Å². The van der Waals surface area contributed by atoms with E-state index in [1.165, 1.54) is 11.3 Å². The van der Waals surface area contributed by atoms with Crippen molar-refractivity contribution >= 4 is 23.1 Å². The molecule has 1 unspecified atom stereocenters. The maximum atomic E-state index is 12.9. The van der Waals surface area contributed by atoms with Gasteiger partial charge in [-0.3, -0.25) is 9.59 Å². The fraction of sp³-hybridized carbons (Fsp3) is 0.462. The number of ketones is 1. The van der Waals surface area contributed by atoms with Crippen molar-refractivity contribution in [3.8, 4) is 5.75 Å². The maximum absolute atomic E-state index is 12.9. The summed E-state index contributed by atoms with van der Waals surface area (Å²) in [4.78, 5) is 31.4. The van der Waals surface area contributed by atoms with E-state index in [-0.39, 0.29) is 11.9 Å². The van der Waals surface area contributed by atoms with Gasteiger partial charge in [-0.1, -0.05) is 6.07 Å². The SMILES string of the molecule is CN1CCN(c2cccc3c2CC(NC(=O)c2ccc(N4CCC(=O)CC4)cc2)CO3)CC1. The van der Waals surface area contributed by atoms with Gasteiger partial charge < -0.3 is 24.8 Å². The van der Waals surface area contributed by atoms with Crippen LogP contribution in [-0.2, 0) is 11.2 Å². The normalized spacial score (nSPS) is 21.4. The van der Waals surface area contributed by atoms with E-state index in [0.717, 1.165) is 57.1 Å². The molecule has 0 radical (unpaired) electrons. The molecule has 0 bridgehead atoms. The number of hydrogen-bond donors (Lipinski definition) is 1. The first-order chi connectivity index (χ1) is 16.1. The largest absolute Gasteiger partial charge is 0.491 e. The van der Waals surface area contributed by atoms with Crippen LogP contribution in [0, 0.1) is 0 Å². The average Bonchev–Trinajstić information content (AvgIpc) is 2.85. The number of ether oxygens (including phenoxy) is 1. The number of likely N-dealkylation sites (N-methyl/N-ethyl adjacent to an activating group) is 1. The zero-order valence-electron chi connectivity index (χ0n) is 19.3. The van der Waals surface area contributed by atoms with Gasteiger partial charge in [0.15, 0.2) is 0 Å². The van der Waals surface area contributed by atoms with Crippen LogP contribution in [0.25, 0.3) is 0 Å². The molecule has 0 aliphatic carbocycles. The Kier molecular flexibility index (Phi) is 6.22. The molecule has 174 valence electrons. The third kappa shape index (κ3) is 4.83. The topological polar surface area (TPSA) is 65.1 Å². The summed E-state index contributed by atoms with van der Waals surface area (Å²) >= 11 is 0. The Morgan fingerprint density at radius 3 is 2.39 bits per heavy atom. The van der Waals surface area contributed by atoms with Gasteiger partial charge in [-0.2, -0.15) is 0 Å². The third-order valence-electron chi connectivity index (χ3n) is 6.99. The highest BCUT2D eigenvalue weighted by atomic mass is 16.5. The van der Waals surface area contributed by atoms with Crippen LogP contribution in [0.15, 0.2) is 42.5 Å². The molecular formula is C26H32N4O3. The summed E-state index contributed by atoms with van der Waals surface area (Å²) in [6.07, 6.45) is 1.96. The number of nitrogens with zero attached hydrogens (tertiary/aromatic N) is 3. The molecule has 0 saturated carbocycles. The van der Waals surface area contributed by atoms with Gasteiger partial charge in [-0.15, -0.1) is 0 Å². The summed E-state index contributed by atoms with van der Waals surface area (Å²) < 4.78 is 6.05. The molecule has 0 aromatic heterocycles. The summed E-state index contributed by atoms with van der Waals surface area (Å²) in [5.41, 5.74) is 4.12. The minimum absolute atomic E-state index is 0.0635. The molecule has 3 aliphatic rings. The quantitative estimate of drug-likeness (QED) is 0.775. The molecule has 33 heavy (non-hydrogen) atoms. The van der Waals surface area contributed by atoms with Crippen LogP contribution in [0.1, 0.15) is 28.8 Å². The van der Waals surface area contributed by atoms with Gasteiger partial charge in [-0.05, 0) is 43.4 Å². The Morgan fingerprint density at radius 1 is 0.939 bits per heavy atom. The lowest BCUT2D eigenvalue weighted by Crippen LogP contribution is -2.46. The minimum Gasteiger partial charge on any atom is -0.491 e. The molecule has 3 aliphatic heterocycles. The number of amides is 1. The van der Waals surface area contributed by atoms with Gasteiger partial charge in [0.05, 0.1) is 6.04 Å². The van der Waals surface area contributed by atoms with E-state index in [1.807, 2.05) is 30.3 Å². The lowest BCUT2D eigenvalue weighted by Gasteiger charge is -2.37. The molecule has 1 amide bonds. The summed E-state index contributed by atoms with van der Waals surface area (Å²) in [6.45, 7) is 6.08. The van der Waals surface area contributed by atoms with Gasteiger partial charge in [0, 0.05) is 81.0 Å². The van der Waals surface area contributed by atoms with E-state index in [9.17, 15) is 9.59 Å². The second kappa shape index (κ2) is 9.43. The third-order valence-corrected chi connectivity index (χ3v) is 6.99. The van der Waals surface area contributed by atoms with Gasteiger partial charge >= 0.3 is 0 Å². The van der Waals surface area contributed by atoms with Crippen LogP contribution in [0.4, 0.5) is 11.4 Å². The molecule has 5 rings (SSSR count). The molecule has 0 spiro atoms. The number of anilines is 2. The van der Waals surface area contributed by atoms with Crippen LogP contribution in [-0.4, -0.2) is 75.6 Å². The van der Waals surface area contributed by atoms with Crippen molar-refractivity contribution in [1.82, 2.24) is 10.2 Å². The minimum atomic E-state index is -0.0792. The molecule has 2 saturated heterocycles. The molecular weight excluding hydrogens is 416 g/mol. The number of piperidine rings is 1. The highest BCUT2D eigenvalue weighted by molar-refractivity contribution is 5.94.